The van der Waals surface area contributed by atoms with Gasteiger partial charge in [0.15, 0.2) is 5.78 Å². The van der Waals surface area contributed by atoms with Gasteiger partial charge in [-0.1, -0.05) is 30.3 Å². The number of hydrogen-bond donors (Lipinski definition) is 1. The Hall–Kier alpha value is -1.19. The van der Waals surface area contributed by atoms with Crippen molar-refractivity contribution in [3.05, 3.63) is 35.9 Å². The van der Waals surface area contributed by atoms with Crippen LogP contribution < -0.4 is 5.32 Å². The maximum atomic E-state index is 12.2. The fourth-order valence-electron chi connectivity index (χ4n) is 3.26. The van der Waals surface area contributed by atoms with E-state index in [1.807, 2.05) is 6.07 Å². The summed E-state index contributed by atoms with van der Waals surface area (Å²) in [7, 11) is 0. The molecular weight excluding hydrogens is 224 g/mol. The number of rotatable bonds is 2. The molecule has 18 heavy (non-hydrogen) atoms. The first-order valence-electron chi connectivity index (χ1n) is 6.75. The normalized spacial score (nSPS) is 32.5. The molecule has 3 heteroatoms. The van der Waals surface area contributed by atoms with Crippen LogP contribution in [0, 0.1) is 0 Å². The lowest BCUT2D eigenvalue weighted by Gasteiger charge is -2.23. The van der Waals surface area contributed by atoms with Crippen molar-refractivity contribution in [3.8, 4) is 0 Å². The summed E-state index contributed by atoms with van der Waals surface area (Å²) in [6.07, 6.45) is 2.11. The van der Waals surface area contributed by atoms with Crippen LogP contribution in [0.3, 0.4) is 0 Å². The van der Waals surface area contributed by atoms with E-state index in [4.69, 9.17) is 0 Å². The highest BCUT2D eigenvalue weighted by Gasteiger charge is 2.48. The highest BCUT2D eigenvalue weighted by atomic mass is 16.1. The van der Waals surface area contributed by atoms with E-state index in [0.29, 0.717) is 18.4 Å². The van der Waals surface area contributed by atoms with Gasteiger partial charge < -0.3 is 5.32 Å². The number of likely N-dealkylation sites (tertiary alicyclic amines) is 1. The molecule has 96 valence electrons. The largest absolute Gasteiger partial charge is 0.301 e. The number of ketones is 1. The van der Waals surface area contributed by atoms with Crippen LogP contribution in [0.15, 0.2) is 30.3 Å². The average molecular weight is 244 g/mol. The molecule has 0 saturated carbocycles. The van der Waals surface area contributed by atoms with Gasteiger partial charge in [-0.05, 0) is 25.3 Å². The molecule has 1 aromatic rings. The summed E-state index contributed by atoms with van der Waals surface area (Å²) >= 11 is 0. The van der Waals surface area contributed by atoms with Crippen molar-refractivity contribution in [1.29, 1.82) is 0 Å². The fraction of sp³-hybridized carbons (Fsp3) is 0.533. The Balaban J connectivity index is 1.69. The third kappa shape index (κ3) is 2.08. The number of carbonyl (C=O) groups is 1. The number of hydrogen-bond acceptors (Lipinski definition) is 3. The van der Waals surface area contributed by atoms with E-state index in [1.165, 1.54) is 5.56 Å². The monoisotopic (exact) mass is 244 g/mol. The predicted molar refractivity (Wildman–Crippen MR) is 71.3 cm³/mol. The van der Waals surface area contributed by atoms with Crippen LogP contribution in [-0.4, -0.2) is 35.4 Å². The minimum atomic E-state index is -0.242. The van der Waals surface area contributed by atoms with E-state index in [1.54, 1.807) is 0 Å². The van der Waals surface area contributed by atoms with Crippen LogP contribution in [-0.2, 0) is 11.3 Å². The highest BCUT2D eigenvalue weighted by Crippen LogP contribution is 2.30. The minimum Gasteiger partial charge on any atom is -0.301 e. The summed E-state index contributed by atoms with van der Waals surface area (Å²) in [4.78, 5) is 14.5. The Morgan fingerprint density at radius 3 is 2.83 bits per heavy atom. The molecule has 3 nitrogen and oxygen atoms in total. The molecule has 1 N–H and O–H groups in total. The van der Waals surface area contributed by atoms with Crippen molar-refractivity contribution in [2.24, 2.45) is 0 Å². The molecule has 2 aliphatic heterocycles. The molecule has 0 aliphatic carbocycles. The van der Waals surface area contributed by atoms with Crippen molar-refractivity contribution in [2.75, 3.05) is 13.1 Å². The second-order valence-electron chi connectivity index (χ2n) is 5.72. The van der Waals surface area contributed by atoms with Gasteiger partial charge in [0.1, 0.15) is 0 Å². The first-order valence-corrected chi connectivity index (χ1v) is 6.75. The van der Waals surface area contributed by atoms with Gasteiger partial charge in [0.05, 0.1) is 12.1 Å². The summed E-state index contributed by atoms with van der Waals surface area (Å²) in [5.41, 5.74) is 1.04. The van der Waals surface area contributed by atoms with Gasteiger partial charge in [-0.25, -0.2) is 0 Å². The quantitative estimate of drug-likeness (QED) is 0.857. The molecule has 1 aromatic carbocycles. The lowest BCUT2D eigenvalue weighted by atomic mass is 9.95. The zero-order valence-electron chi connectivity index (χ0n) is 10.9. The number of nitrogens with one attached hydrogen (secondary N) is 1. The Labute approximate surface area is 108 Å². The van der Waals surface area contributed by atoms with E-state index in [-0.39, 0.29) is 5.54 Å². The van der Waals surface area contributed by atoms with E-state index < -0.39 is 0 Å². The third-order valence-electron chi connectivity index (χ3n) is 4.17. The van der Waals surface area contributed by atoms with Gasteiger partial charge in [0, 0.05) is 19.1 Å². The zero-order valence-corrected chi connectivity index (χ0v) is 10.9. The molecule has 0 bridgehead atoms. The van der Waals surface area contributed by atoms with Gasteiger partial charge in [-0.3, -0.25) is 9.69 Å². The van der Waals surface area contributed by atoms with Gasteiger partial charge in [0.2, 0.25) is 0 Å². The predicted octanol–water partition coefficient (Wildman–Crippen LogP) is 1.58. The van der Waals surface area contributed by atoms with E-state index in [2.05, 4.69) is 41.4 Å². The van der Waals surface area contributed by atoms with E-state index in [9.17, 15) is 4.79 Å². The van der Waals surface area contributed by atoms with Crippen molar-refractivity contribution < 1.29 is 4.79 Å². The molecule has 0 amide bonds. The standard InChI is InChI=1S/C15H20N2O/c1-12-7-8-15(16-12)11-17(10-14(15)18)9-13-5-3-2-4-6-13/h2-6,12,16H,7-11H2,1H3. The molecule has 0 aromatic heterocycles. The third-order valence-corrected chi connectivity index (χ3v) is 4.17. The van der Waals surface area contributed by atoms with Crippen molar-refractivity contribution in [3.63, 3.8) is 0 Å². The Morgan fingerprint density at radius 1 is 1.39 bits per heavy atom. The molecule has 2 saturated heterocycles. The Bertz CT molecular complexity index is 445. The van der Waals surface area contributed by atoms with Gasteiger partial charge in [-0.15, -0.1) is 0 Å². The van der Waals surface area contributed by atoms with E-state index >= 15 is 0 Å². The van der Waals surface area contributed by atoms with Crippen LogP contribution in [0.25, 0.3) is 0 Å². The molecule has 2 unspecified atom stereocenters. The van der Waals surface area contributed by atoms with Crippen LogP contribution >= 0.6 is 0 Å². The second-order valence-corrected chi connectivity index (χ2v) is 5.72. The van der Waals surface area contributed by atoms with Gasteiger partial charge >= 0.3 is 0 Å². The molecule has 2 fully saturated rings. The maximum absolute atomic E-state index is 12.2. The molecule has 2 atom stereocenters. The van der Waals surface area contributed by atoms with Crippen molar-refractivity contribution >= 4 is 5.78 Å². The lowest BCUT2D eigenvalue weighted by molar-refractivity contribution is -0.121. The van der Waals surface area contributed by atoms with Gasteiger partial charge in [-0.2, -0.15) is 0 Å². The minimum absolute atomic E-state index is 0.242. The first-order chi connectivity index (χ1) is 8.68. The maximum Gasteiger partial charge on any atom is 0.168 e. The zero-order chi connectivity index (χ0) is 12.6. The topological polar surface area (TPSA) is 32.3 Å². The number of benzene rings is 1. The smallest absolute Gasteiger partial charge is 0.168 e. The molecule has 0 radical (unpaired) electrons. The number of nitrogens with zero attached hydrogens (tertiary/aromatic N) is 1. The summed E-state index contributed by atoms with van der Waals surface area (Å²) in [5.74, 6) is 0.378. The fourth-order valence-corrected chi connectivity index (χ4v) is 3.26. The van der Waals surface area contributed by atoms with E-state index in [0.717, 1.165) is 25.9 Å². The number of carbonyl (C=O) groups excluding carboxylic acids is 1. The summed E-state index contributed by atoms with van der Waals surface area (Å²) in [5, 5.41) is 3.50. The van der Waals surface area contributed by atoms with Crippen molar-refractivity contribution in [1.82, 2.24) is 10.2 Å². The average Bonchev–Trinajstić information content (AvgIpc) is 2.86. The van der Waals surface area contributed by atoms with Crippen LogP contribution in [0.4, 0.5) is 0 Å². The molecular formula is C15H20N2O. The first kappa shape index (κ1) is 11.9. The highest BCUT2D eigenvalue weighted by molar-refractivity contribution is 5.93. The van der Waals surface area contributed by atoms with Crippen LogP contribution in [0.2, 0.25) is 0 Å². The Morgan fingerprint density at radius 2 is 2.17 bits per heavy atom. The lowest BCUT2D eigenvalue weighted by Crippen LogP contribution is -2.49. The summed E-state index contributed by atoms with van der Waals surface area (Å²) < 4.78 is 0. The van der Waals surface area contributed by atoms with Crippen LogP contribution in [0.1, 0.15) is 25.3 Å². The molecule has 3 rings (SSSR count). The number of Topliss-reactive ketones (excluding diaryl/α,β-unsaturated/α-hetero) is 1. The SMILES string of the molecule is CC1CCC2(CN(Cc3ccccc3)CC2=O)N1. The van der Waals surface area contributed by atoms with Crippen molar-refractivity contribution in [2.45, 2.75) is 37.9 Å². The summed E-state index contributed by atoms with van der Waals surface area (Å²) in [6, 6.07) is 10.9. The molecule has 2 heterocycles. The Kier molecular flexibility index (Phi) is 2.96. The van der Waals surface area contributed by atoms with Gasteiger partial charge in [0.25, 0.3) is 0 Å². The molecule has 1 spiro atoms. The van der Waals surface area contributed by atoms with Crippen LogP contribution in [0.5, 0.6) is 0 Å². The summed E-state index contributed by atoms with van der Waals surface area (Å²) in [6.45, 7) is 4.51. The molecule has 2 aliphatic rings. The second kappa shape index (κ2) is 4.48.